The van der Waals surface area contributed by atoms with Gasteiger partial charge in [-0.1, -0.05) is 100 Å². The van der Waals surface area contributed by atoms with Crippen LogP contribution in [0, 0.1) is 0 Å². The SMILES string of the molecule is CCCCCCCCCC(O)=CC=CC=CC=CC=CC=CC(=O)O. The van der Waals surface area contributed by atoms with Crippen LogP contribution in [0.25, 0.3) is 0 Å². The molecule has 138 valence electrons. The molecule has 25 heavy (non-hydrogen) atoms. The van der Waals surface area contributed by atoms with E-state index in [0.29, 0.717) is 5.76 Å². The molecule has 0 spiro atoms. The van der Waals surface area contributed by atoms with Crippen LogP contribution in [0.3, 0.4) is 0 Å². The van der Waals surface area contributed by atoms with Gasteiger partial charge >= 0.3 is 5.97 Å². The van der Waals surface area contributed by atoms with Crippen molar-refractivity contribution in [3.63, 3.8) is 0 Å². The Labute approximate surface area is 152 Å². The number of hydrogen-bond donors (Lipinski definition) is 2. The molecule has 0 aliphatic heterocycles. The molecule has 0 aromatic rings. The number of rotatable bonds is 14. The van der Waals surface area contributed by atoms with Gasteiger partial charge < -0.3 is 10.2 Å². The summed E-state index contributed by atoms with van der Waals surface area (Å²) in [6, 6.07) is 0. The first kappa shape index (κ1) is 22.7. The Morgan fingerprint density at radius 1 is 0.680 bits per heavy atom. The first-order valence-electron chi connectivity index (χ1n) is 9.12. The highest BCUT2D eigenvalue weighted by atomic mass is 16.4. The lowest BCUT2D eigenvalue weighted by atomic mass is 10.1. The highest BCUT2D eigenvalue weighted by Crippen LogP contribution is 2.11. The van der Waals surface area contributed by atoms with Crippen LogP contribution in [0.5, 0.6) is 0 Å². The molecule has 0 aliphatic carbocycles. The molecule has 2 N–H and O–H groups in total. The minimum Gasteiger partial charge on any atom is -0.512 e. The van der Waals surface area contributed by atoms with Gasteiger partial charge in [0.15, 0.2) is 0 Å². The van der Waals surface area contributed by atoms with Gasteiger partial charge in [0.2, 0.25) is 0 Å². The number of aliphatic hydroxyl groups is 1. The first-order valence-corrected chi connectivity index (χ1v) is 9.12. The van der Waals surface area contributed by atoms with Crippen molar-refractivity contribution in [2.75, 3.05) is 0 Å². The van der Waals surface area contributed by atoms with Crippen molar-refractivity contribution >= 4 is 5.97 Å². The third kappa shape index (κ3) is 19.7. The average molecular weight is 344 g/mol. The topological polar surface area (TPSA) is 57.5 Å². The number of unbranched alkanes of at least 4 members (excludes halogenated alkanes) is 6. The van der Waals surface area contributed by atoms with Crippen molar-refractivity contribution in [2.45, 2.75) is 58.3 Å². The molecule has 0 bridgehead atoms. The normalized spacial score (nSPS) is 13.4. The number of allylic oxidation sites excluding steroid dienone is 11. The molecule has 0 atom stereocenters. The second-order valence-electron chi connectivity index (χ2n) is 5.77. The molecule has 0 unspecified atom stereocenters. The zero-order valence-electron chi connectivity index (χ0n) is 15.3. The Kier molecular flexibility index (Phi) is 16.4. The fourth-order valence-corrected chi connectivity index (χ4v) is 2.10. The third-order valence-electron chi connectivity index (χ3n) is 3.45. The van der Waals surface area contributed by atoms with E-state index in [1.165, 1.54) is 44.6 Å². The maximum atomic E-state index is 10.2. The lowest BCUT2D eigenvalue weighted by Gasteiger charge is -2.00. The number of aliphatic hydroxyl groups excluding tert-OH is 1. The predicted molar refractivity (Wildman–Crippen MR) is 107 cm³/mol. The Morgan fingerprint density at radius 2 is 1.16 bits per heavy atom. The average Bonchev–Trinajstić information content (AvgIpc) is 2.58. The van der Waals surface area contributed by atoms with E-state index in [2.05, 4.69) is 6.92 Å². The zero-order valence-corrected chi connectivity index (χ0v) is 15.3. The van der Waals surface area contributed by atoms with Gasteiger partial charge in [-0.3, -0.25) is 0 Å². The Balaban J connectivity index is 3.78. The van der Waals surface area contributed by atoms with Crippen LogP contribution < -0.4 is 0 Å². The van der Waals surface area contributed by atoms with Gasteiger partial charge in [0.05, 0.1) is 5.76 Å². The largest absolute Gasteiger partial charge is 0.512 e. The van der Waals surface area contributed by atoms with Crippen LogP contribution >= 0.6 is 0 Å². The van der Waals surface area contributed by atoms with E-state index in [-0.39, 0.29) is 0 Å². The van der Waals surface area contributed by atoms with E-state index in [9.17, 15) is 9.90 Å². The summed E-state index contributed by atoms with van der Waals surface area (Å²) in [5.74, 6) is -0.524. The van der Waals surface area contributed by atoms with Crippen LogP contribution in [-0.2, 0) is 4.79 Å². The first-order chi connectivity index (χ1) is 12.2. The summed E-state index contributed by atoms with van der Waals surface area (Å²) in [5, 5.41) is 18.2. The number of hydrogen-bond acceptors (Lipinski definition) is 2. The lowest BCUT2D eigenvalue weighted by molar-refractivity contribution is -0.131. The van der Waals surface area contributed by atoms with E-state index in [0.717, 1.165) is 18.9 Å². The van der Waals surface area contributed by atoms with Crippen molar-refractivity contribution in [2.24, 2.45) is 0 Å². The number of carbonyl (C=O) groups is 1. The monoisotopic (exact) mass is 344 g/mol. The van der Waals surface area contributed by atoms with Crippen LogP contribution in [0.15, 0.2) is 72.6 Å². The van der Waals surface area contributed by atoms with E-state index in [4.69, 9.17) is 5.11 Å². The van der Waals surface area contributed by atoms with Crippen LogP contribution in [0.4, 0.5) is 0 Å². The fourth-order valence-electron chi connectivity index (χ4n) is 2.10. The molecule has 0 aromatic carbocycles. The van der Waals surface area contributed by atoms with Crippen molar-refractivity contribution in [3.05, 3.63) is 72.6 Å². The maximum absolute atomic E-state index is 10.2. The van der Waals surface area contributed by atoms with Crippen LogP contribution in [0.2, 0.25) is 0 Å². The second kappa shape index (κ2) is 18.1. The maximum Gasteiger partial charge on any atom is 0.328 e. The van der Waals surface area contributed by atoms with Crippen molar-refractivity contribution in [1.29, 1.82) is 0 Å². The summed E-state index contributed by atoms with van der Waals surface area (Å²) < 4.78 is 0. The van der Waals surface area contributed by atoms with Crippen molar-refractivity contribution in [1.82, 2.24) is 0 Å². The predicted octanol–water partition coefficient (Wildman–Crippen LogP) is 6.43. The van der Waals surface area contributed by atoms with Crippen LogP contribution in [0.1, 0.15) is 58.3 Å². The molecule has 0 saturated carbocycles. The van der Waals surface area contributed by atoms with E-state index in [1.807, 2.05) is 36.5 Å². The summed E-state index contributed by atoms with van der Waals surface area (Å²) in [6.45, 7) is 2.22. The molecule has 0 radical (unpaired) electrons. The van der Waals surface area contributed by atoms with Gasteiger partial charge in [-0.2, -0.15) is 0 Å². The molecule has 3 heteroatoms. The van der Waals surface area contributed by atoms with E-state index in [1.54, 1.807) is 18.2 Å². The number of aliphatic carboxylic acids is 1. The van der Waals surface area contributed by atoms with Gasteiger partial charge in [-0.25, -0.2) is 4.79 Å². The standard InChI is InChI=1S/C22H32O3/c1-2-3-4-5-9-12-15-18-21(23)19-16-13-10-7-6-8-11-14-17-20-22(24)25/h6-8,10-11,13-14,16-17,19-20,23H,2-5,9,12,15,18H2,1H3,(H,24,25). The van der Waals surface area contributed by atoms with Gasteiger partial charge in [-0.05, 0) is 12.5 Å². The van der Waals surface area contributed by atoms with Crippen LogP contribution in [-0.4, -0.2) is 16.2 Å². The smallest absolute Gasteiger partial charge is 0.328 e. The van der Waals surface area contributed by atoms with Crippen molar-refractivity contribution < 1.29 is 15.0 Å². The summed E-state index contributed by atoms with van der Waals surface area (Å²) in [4.78, 5) is 10.2. The zero-order chi connectivity index (χ0) is 18.6. The summed E-state index contributed by atoms with van der Waals surface area (Å²) >= 11 is 0. The Hall–Kier alpha value is -2.29. The summed E-state index contributed by atoms with van der Waals surface area (Å²) in [5.41, 5.74) is 0. The molecule has 3 nitrogen and oxygen atoms in total. The molecule has 0 aliphatic rings. The fraction of sp³-hybridized carbons (Fsp3) is 0.409. The highest BCUT2D eigenvalue weighted by molar-refractivity contribution is 5.80. The van der Waals surface area contributed by atoms with Gasteiger partial charge in [-0.15, -0.1) is 0 Å². The van der Waals surface area contributed by atoms with Gasteiger partial charge in [0.1, 0.15) is 0 Å². The summed E-state index contributed by atoms with van der Waals surface area (Å²) in [7, 11) is 0. The van der Waals surface area contributed by atoms with Crippen molar-refractivity contribution in [3.8, 4) is 0 Å². The third-order valence-corrected chi connectivity index (χ3v) is 3.45. The molecule has 0 saturated heterocycles. The molecular weight excluding hydrogens is 312 g/mol. The lowest BCUT2D eigenvalue weighted by Crippen LogP contribution is -1.84. The molecule has 0 amide bonds. The van der Waals surface area contributed by atoms with E-state index >= 15 is 0 Å². The number of carboxylic acids is 1. The summed E-state index contributed by atoms with van der Waals surface area (Å²) in [6.07, 6.45) is 28.2. The minimum absolute atomic E-state index is 0.432. The molecule has 0 rings (SSSR count). The molecule has 0 heterocycles. The van der Waals surface area contributed by atoms with Gasteiger partial charge in [0.25, 0.3) is 0 Å². The highest BCUT2D eigenvalue weighted by Gasteiger charge is 1.93. The number of carboxylic acid groups (broad SMARTS) is 1. The Morgan fingerprint density at radius 3 is 1.72 bits per heavy atom. The minimum atomic E-state index is -0.957. The Bertz CT molecular complexity index is 505. The molecule has 0 fully saturated rings. The quantitative estimate of drug-likeness (QED) is 0.165. The van der Waals surface area contributed by atoms with E-state index < -0.39 is 5.97 Å². The molecular formula is C22H32O3. The second-order valence-corrected chi connectivity index (χ2v) is 5.77. The van der Waals surface area contributed by atoms with Gasteiger partial charge in [0, 0.05) is 12.5 Å². The molecule has 0 aromatic heterocycles.